The Balaban J connectivity index is 3.05. The topological polar surface area (TPSA) is 27.7 Å². The molecule has 0 atom stereocenters. The summed E-state index contributed by atoms with van der Waals surface area (Å²) < 4.78 is 16.5. The third-order valence-corrected chi connectivity index (χ3v) is 2.03. The number of ether oxygens (including phenoxy) is 3. The Morgan fingerprint density at radius 1 is 1.00 bits per heavy atom. The Hall–Kier alpha value is -1.38. The van der Waals surface area contributed by atoms with Gasteiger partial charge in [0.05, 0.1) is 25.9 Å². The van der Waals surface area contributed by atoms with Crippen molar-refractivity contribution in [2.45, 2.75) is 27.7 Å². The van der Waals surface area contributed by atoms with Gasteiger partial charge >= 0.3 is 0 Å². The van der Waals surface area contributed by atoms with E-state index in [9.17, 15) is 0 Å². The zero-order chi connectivity index (χ0) is 12.0. The largest absolute Gasteiger partial charge is 0.493 e. The van der Waals surface area contributed by atoms with Crippen molar-refractivity contribution in [1.29, 1.82) is 0 Å². The molecular formula is C13H19O3. The molecule has 16 heavy (non-hydrogen) atoms. The van der Waals surface area contributed by atoms with Crippen LogP contribution in [0.2, 0.25) is 0 Å². The molecule has 3 heteroatoms. The Bertz CT molecular complexity index is 334. The van der Waals surface area contributed by atoms with Gasteiger partial charge in [-0.3, -0.25) is 0 Å². The fourth-order valence-electron chi connectivity index (χ4n) is 1.45. The number of hydrogen-bond acceptors (Lipinski definition) is 3. The lowest BCUT2D eigenvalue weighted by Crippen LogP contribution is -2.02. The van der Waals surface area contributed by atoms with Gasteiger partial charge in [0.1, 0.15) is 5.75 Å². The molecule has 1 rings (SSSR count). The van der Waals surface area contributed by atoms with Crippen LogP contribution in [-0.2, 0) is 0 Å². The molecule has 0 aliphatic rings. The maximum Gasteiger partial charge on any atom is 0.173 e. The summed E-state index contributed by atoms with van der Waals surface area (Å²) in [5.74, 6) is 2.09. The van der Waals surface area contributed by atoms with E-state index >= 15 is 0 Å². The summed E-state index contributed by atoms with van der Waals surface area (Å²) in [6.07, 6.45) is 0. The van der Waals surface area contributed by atoms with Crippen LogP contribution in [0.25, 0.3) is 0 Å². The number of hydrogen-bond donors (Lipinski definition) is 0. The highest BCUT2D eigenvalue weighted by Crippen LogP contribution is 2.34. The highest BCUT2D eigenvalue weighted by atomic mass is 16.5. The van der Waals surface area contributed by atoms with Crippen LogP contribution >= 0.6 is 0 Å². The van der Waals surface area contributed by atoms with E-state index in [2.05, 4.69) is 6.07 Å². The van der Waals surface area contributed by atoms with Crippen molar-refractivity contribution >= 4 is 0 Å². The van der Waals surface area contributed by atoms with Gasteiger partial charge in [-0.15, -0.1) is 0 Å². The van der Waals surface area contributed by atoms with Gasteiger partial charge in [0.2, 0.25) is 0 Å². The number of benzene rings is 1. The molecule has 1 aromatic carbocycles. The summed E-state index contributed by atoms with van der Waals surface area (Å²) in [6.45, 7) is 9.63. The van der Waals surface area contributed by atoms with Crippen LogP contribution in [0.4, 0.5) is 0 Å². The van der Waals surface area contributed by atoms with Crippen molar-refractivity contribution in [2.75, 3.05) is 19.8 Å². The zero-order valence-electron chi connectivity index (χ0n) is 10.4. The molecule has 0 fully saturated rings. The minimum Gasteiger partial charge on any atom is -0.493 e. The van der Waals surface area contributed by atoms with E-state index in [-0.39, 0.29) is 0 Å². The second-order valence-corrected chi connectivity index (χ2v) is 3.27. The Morgan fingerprint density at radius 2 is 1.62 bits per heavy atom. The molecule has 0 saturated heterocycles. The molecule has 0 aromatic heterocycles. The van der Waals surface area contributed by atoms with Crippen molar-refractivity contribution in [3.8, 4) is 17.2 Å². The van der Waals surface area contributed by atoms with Gasteiger partial charge in [0.15, 0.2) is 11.5 Å². The molecule has 0 saturated carbocycles. The number of aryl methyl sites for hydroxylation is 1. The van der Waals surface area contributed by atoms with Crippen LogP contribution in [0.3, 0.4) is 0 Å². The summed E-state index contributed by atoms with van der Waals surface area (Å²) in [7, 11) is 0. The minimum absolute atomic E-state index is 0.589. The normalized spacial score (nSPS) is 10.0. The average Bonchev–Trinajstić information content (AvgIpc) is 2.24. The Morgan fingerprint density at radius 3 is 2.19 bits per heavy atom. The fraction of sp³-hybridized carbons (Fsp3) is 0.538. The van der Waals surface area contributed by atoms with Gasteiger partial charge in [-0.1, -0.05) is 0 Å². The van der Waals surface area contributed by atoms with Gasteiger partial charge in [-0.05, 0) is 39.3 Å². The van der Waals surface area contributed by atoms with Crippen molar-refractivity contribution < 1.29 is 14.2 Å². The van der Waals surface area contributed by atoms with Crippen molar-refractivity contribution in [3.63, 3.8) is 0 Å². The fourth-order valence-corrected chi connectivity index (χ4v) is 1.45. The molecule has 0 spiro atoms. The summed E-state index contributed by atoms with van der Waals surface area (Å²) in [6, 6.07) is 4.98. The molecule has 0 amide bonds. The predicted octanol–water partition coefficient (Wildman–Crippen LogP) is 2.99. The van der Waals surface area contributed by atoms with Gasteiger partial charge < -0.3 is 14.2 Å². The summed E-state index contributed by atoms with van der Waals surface area (Å²) in [4.78, 5) is 0. The molecule has 1 radical (unpaired) electrons. The van der Waals surface area contributed by atoms with Gasteiger partial charge in [-0.25, -0.2) is 0 Å². The molecule has 0 bridgehead atoms. The second kappa shape index (κ2) is 6.26. The van der Waals surface area contributed by atoms with E-state index in [0.717, 1.165) is 11.3 Å². The summed E-state index contributed by atoms with van der Waals surface area (Å²) in [5, 5.41) is 0. The van der Waals surface area contributed by atoms with Gasteiger partial charge in [-0.2, -0.15) is 0 Å². The van der Waals surface area contributed by atoms with E-state index < -0.39 is 0 Å². The Labute approximate surface area is 97.3 Å². The van der Waals surface area contributed by atoms with Crippen molar-refractivity contribution in [3.05, 3.63) is 17.7 Å². The van der Waals surface area contributed by atoms with E-state index in [1.807, 2.05) is 33.8 Å². The second-order valence-electron chi connectivity index (χ2n) is 3.27. The molecule has 1 aromatic rings. The molecule has 0 unspecified atom stereocenters. The average molecular weight is 223 g/mol. The first-order valence-corrected chi connectivity index (χ1v) is 5.68. The monoisotopic (exact) mass is 223 g/mol. The first-order chi connectivity index (χ1) is 7.72. The van der Waals surface area contributed by atoms with Crippen LogP contribution in [0.15, 0.2) is 6.07 Å². The van der Waals surface area contributed by atoms with Crippen molar-refractivity contribution in [1.82, 2.24) is 0 Å². The lowest BCUT2D eigenvalue weighted by molar-refractivity contribution is 0.280. The predicted molar refractivity (Wildman–Crippen MR) is 63.5 cm³/mol. The minimum atomic E-state index is 0.589. The quantitative estimate of drug-likeness (QED) is 0.742. The van der Waals surface area contributed by atoms with E-state index in [1.54, 1.807) is 0 Å². The number of rotatable bonds is 6. The molecule has 0 aliphatic carbocycles. The highest BCUT2D eigenvalue weighted by molar-refractivity contribution is 5.50. The van der Waals surface area contributed by atoms with Crippen LogP contribution in [0.1, 0.15) is 26.3 Å². The molecule has 0 N–H and O–H groups in total. The van der Waals surface area contributed by atoms with Crippen LogP contribution in [-0.4, -0.2) is 19.8 Å². The maximum atomic E-state index is 5.54. The molecule has 89 valence electrons. The first kappa shape index (κ1) is 12.7. The Kier molecular flexibility index (Phi) is 4.96. The zero-order valence-corrected chi connectivity index (χ0v) is 10.4. The third kappa shape index (κ3) is 3.05. The maximum absolute atomic E-state index is 5.54. The summed E-state index contributed by atoms with van der Waals surface area (Å²) >= 11 is 0. The smallest absolute Gasteiger partial charge is 0.173 e. The molecular weight excluding hydrogens is 204 g/mol. The third-order valence-electron chi connectivity index (χ3n) is 2.03. The highest BCUT2D eigenvalue weighted by Gasteiger charge is 2.11. The van der Waals surface area contributed by atoms with Crippen LogP contribution in [0.5, 0.6) is 17.2 Å². The van der Waals surface area contributed by atoms with Crippen molar-refractivity contribution in [2.24, 2.45) is 0 Å². The SMILES string of the molecule is CCOc1[c]c(OCC)c(OCC)c(C)c1. The standard InChI is InChI=1S/C13H19O3/c1-5-14-11-8-10(4)13(16-7-3)12(9-11)15-6-2/h8H,5-7H2,1-4H3. The van der Waals surface area contributed by atoms with Crippen LogP contribution in [0, 0.1) is 13.0 Å². The lowest BCUT2D eigenvalue weighted by Gasteiger charge is -2.14. The summed E-state index contributed by atoms with van der Waals surface area (Å²) in [5.41, 5.74) is 1.01. The van der Waals surface area contributed by atoms with E-state index in [0.29, 0.717) is 31.3 Å². The van der Waals surface area contributed by atoms with E-state index in [4.69, 9.17) is 14.2 Å². The van der Waals surface area contributed by atoms with Gasteiger partial charge in [0.25, 0.3) is 0 Å². The van der Waals surface area contributed by atoms with E-state index in [1.165, 1.54) is 0 Å². The lowest BCUT2D eigenvalue weighted by atomic mass is 10.2. The molecule has 3 nitrogen and oxygen atoms in total. The molecule has 0 aliphatic heterocycles. The first-order valence-electron chi connectivity index (χ1n) is 5.68. The van der Waals surface area contributed by atoms with Gasteiger partial charge in [0, 0.05) is 0 Å². The molecule has 0 heterocycles. The van der Waals surface area contributed by atoms with Crippen LogP contribution < -0.4 is 14.2 Å².